The summed E-state index contributed by atoms with van der Waals surface area (Å²) >= 11 is 0. The van der Waals surface area contributed by atoms with Crippen LogP contribution in [-0.2, 0) is 23.2 Å². The number of fused-ring (bicyclic) bond motifs is 1. The number of imide groups is 1. The number of aromatic nitrogens is 5. The van der Waals surface area contributed by atoms with Gasteiger partial charge in [-0.15, -0.1) is 5.10 Å². The number of carbonyl (C=O) groups is 2. The second kappa shape index (κ2) is 7.77. The Kier molecular flexibility index (Phi) is 4.93. The van der Waals surface area contributed by atoms with Gasteiger partial charge in [0.25, 0.3) is 0 Å². The van der Waals surface area contributed by atoms with Crippen LogP contribution < -0.4 is 16.3 Å². The lowest BCUT2D eigenvalue weighted by Crippen LogP contribution is -2.44. The average Bonchev–Trinajstić information content (AvgIpc) is 3.32. The van der Waals surface area contributed by atoms with Crippen LogP contribution in [0.1, 0.15) is 31.7 Å². The number of amides is 2. The van der Waals surface area contributed by atoms with E-state index in [0.717, 1.165) is 38.0 Å². The number of benzene rings is 1. The number of hydrogen-bond acceptors (Lipinski definition) is 6. The van der Waals surface area contributed by atoms with Crippen molar-refractivity contribution in [3.8, 4) is 11.3 Å². The zero-order chi connectivity index (χ0) is 21.5. The van der Waals surface area contributed by atoms with E-state index in [0.29, 0.717) is 29.1 Å². The van der Waals surface area contributed by atoms with Crippen LogP contribution in [0.3, 0.4) is 0 Å². The Morgan fingerprint density at radius 2 is 1.94 bits per heavy atom. The Morgan fingerprint density at radius 3 is 2.71 bits per heavy atom. The summed E-state index contributed by atoms with van der Waals surface area (Å²) in [6.45, 7) is 2.88. The molecule has 2 saturated heterocycles. The summed E-state index contributed by atoms with van der Waals surface area (Å²) in [7, 11) is 1.69. The highest BCUT2D eigenvalue weighted by atomic mass is 16.2. The number of imidazole rings is 1. The van der Waals surface area contributed by atoms with E-state index in [1.54, 1.807) is 11.6 Å². The summed E-state index contributed by atoms with van der Waals surface area (Å²) in [6, 6.07) is 4.88. The largest absolute Gasteiger partial charge is 0.329 e. The van der Waals surface area contributed by atoms with Gasteiger partial charge in [-0.05, 0) is 44.3 Å². The number of piperidine rings is 2. The molecule has 2 aliphatic rings. The summed E-state index contributed by atoms with van der Waals surface area (Å²) in [4.78, 5) is 37.0. The molecular weight excluding hydrogens is 398 g/mol. The van der Waals surface area contributed by atoms with Gasteiger partial charge in [0.15, 0.2) is 0 Å². The molecule has 0 saturated carbocycles. The normalized spacial score (nSPS) is 20.4. The maximum Gasteiger partial charge on any atom is 0.329 e. The van der Waals surface area contributed by atoms with E-state index < -0.39 is 11.9 Å². The van der Waals surface area contributed by atoms with Crippen molar-refractivity contribution < 1.29 is 9.59 Å². The van der Waals surface area contributed by atoms with Gasteiger partial charge in [0.2, 0.25) is 11.8 Å². The summed E-state index contributed by atoms with van der Waals surface area (Å²) in [5.41, 5.74) is 2.54. The van der Waals surface area contributed by atoms with Crippen molar-refractivity contribution in [2.24, 2.45) is 13.0 Å². The summed E-state index contributed by atoms with van der Waals surface area (Å²) < 4.78 is 4.90. The molecule has 2 aliphatic heterocycles. The highest BCUT2D eigenvalue weighted by Crippen LogP contribution is 2.29. The molecule has 10 nitrogen and oxygen atoms in total. The monoisotopic (exact) mass is 423 g/mol. The molecule has 2 amide bonds. The topological polar surface area (TPSA) is 116 Å². The minimum absolute atomic E-state index is 0.212. The number of rotatable bonds is 4. The van der Waals surface area contributed by atoms with Crippen LogP contribution in [0.2, 0.25) is 0 Å². The smallest absolute Gasteiger partial charge is 0.317 e. The third-order valence-electron chi connectivity index (χ3n) is 6.34. The van der Waals surface area contributed by atoms with Gasteiger partial charge >= 0.3 is 5.69 Å². The molecule has 10 heteroatoms. The summed E-state index contributed by atoms with van der Waals surface area (Å²) in [5.74, 6) is -0.172. The highest BCUT2D eigenvalue weighted by molar-refractivity contribution is 6.00. The van der Waals surface area contributed by atoms with Crippen molar-refractivity contribution in [1.82, 2.24) is 34.8 Å². The van der Waals surface area contributed by atoms with Crippen molar-refractivity contribution in [3.05, 3.63) is 34.9 Å². The fourth-order valence-electron chi connectivity index (χ4n) is 4.71. The molecule has 0 spiro atoms. The lowest BCUT2D eigenvalue weighted by molar-refractivity contribution is -0.135. The highest BCUT2D eigenvalue weighted by Gasteiger charge is 2.31. The Bertz CT molecular complexity index is 1220. The fraction of sp³-hybridized carbons (Fsp3) is 0.476. The Balaban J connectivity index is 1.53. The van der Waals surface area contributed by atoms with Gasteiger partial charge in [0.1, 0.15) is 11.7 Å². The number of hydrogen-bond donors (Lipinski definition) is 2. The molecular formula is C21H25N7O3. The molecule has 0 bridgehead atoms. The van der Waals surface area contributed by atoms with Gasteiger partial charge in [-0.3, -0.25) is 28.7 Å². The van der Waals surface area contributed by atoms with E-state index in [2.05, 4.69) is 20.9 Å². The fourth-order valence-corrected chi connectivity index (χ4v) is 4.71. The summed E-state index contributed by atoms with van der Waals surface area (Å²) in [5, 5.41) is 14.4. The number of aryl methyl sites for hydroxylation is 1. The molecule has 1 aromatic carbocycles. The standard InChI is InChI=1S/C21H25N7O3/c1-26-19-14(15-12-27(25-24-15)11-13-7-9-22-10-8-13)3-2-4-16(19)28(21(26)31)17-5-6-18(29)23-20(17)30/h2-4,12-13,17,22H,5-11H2,1H3,(H,23,29,30). The van der Waals surface area contributed by atoms with Gasteiger partial charge in [0.05, 0.1) is 17.2 Å². The van der Waals surface area contributed by atoms with Gasteiger partial charge in [-0.2, -0.15) is 0 Å². The van der Waals surface area contributed by atoms with Crippen molar-refractivity contribution in [2.75, 3.05) is 13.1 Å². The van der Waals surface area contributed by atoms with Crippen LogP contribution in [0, 0.1) is 5.92 Å². The molecule has 3 aromatic rings. The zero-order valence-electron chi connectivity index (χ0n) is 17.4. The van der Waals surface area contributed by atoms with Crippen LogP contribution in [-0.4, -0.2) is 49.0 Å². The third-order valence-corrected chi connectivity index (χ3v) is 6.34. The number of carbonyl (C=O) groups excluding carboxylic acids is 2. The van der Waals surface area contributed by atoms with Gasteiger partial charge in [0, 0.05) is 25.6 Å². The van der Waals surface area contributed by atoms with Crippen molar-refractivity contribution >= 4 is 22.8 Å². The van der Waals surface area contributed by atoms with Crippen LogP contribution in [0.5, 0.6) is 0 Å². The molecule has 1 atom stereocenters. The first kappa shape index (κ1) is 19.7. The maximum atomic E-state index is 13.1. The molecule has 4 heterocycles. The van der Waals surface area contributed by atoms with Crippen molar-refractivity contribution in [3.63, 3.8) is 0 Å². The molecule has 0 aliphatic carbocycles. The van der Waals surface area contributed by atoms with Crippen molar-refractivity contribution in [2.45, 2.75) is 38.3 Å². The molecule has 5 rings (SSSR count). The maximum absolute atomic E-state index is 13.1. The van der Waals surface area contributed by atoms with Crippen LogP contribution in [0.25, 0.3) is 22.3 Å². The minimum atomic E-state index is -0.709. The number of nitrogens with zero attached hydrogens (tertiary/aromatic N) is 5. The van der Waals surface area contributed by atoms with E-state index in [9.17, 15) is 14.4 Å². The summed E-state index contributed by atoms with van der Waals surface area (Å²) in [6.07, 6.45) is 4.68. The predicted octanol–water partition coefficient (Wildman–Crippen LogP) is 0.576. The lowest BCUT2D eigenvalue weighted by Gasteiger charge is -2.22. The van der Waals surface area contributed by atoms with E-state index >= 15 is 0 Å². The van der Waals surface area contributed by atoms with Crippen molar-refractivity contribution in [1.29, 1.82) is 0 Å². The molecule has 2 N–H and O–H groups in total. The van der Waals surface area contributed by atoms with E-state index in [4.69, 9.17) is 0 Å². The number of para-hydroxylation sites is 1. The molecule has 1 unspecified atom stereocenters. The number of nitrogens with one attached hydrogen (secondary N) is 2. The lowest BCUT2D eigenvalue weighted by atomic mass is 9.98. The van der Waals surface area contributed by atoms with Gasteiger partial charge in [-0.1, -0.05) is 17.3 Å². The van der Waals surface area contributed by atoms with Crippen LogP contribution >= 0.6 is 0 Å². The SMILES string of the molecule is Cn1c(=O)n(C2CCC(=O)NC2=O)c2cccc(-c3cn(CC4CCNCC4)nn3)c21. The van der Waals surface area contributed by atoms with Gasteiger partial charge in [-0.25, -0.2) is 4.79 Å². The zero-order valence-corrected chi connectivity index (χ0v) is 17.4. The third kappa shape index (κ3) is 3.46. The van der Waals surface area contributed by atoms with Crippen LogP contribution in [0.4, 0.5) is 0 Å². The molecule has 2 fully saturated rings. The van der Waals surface area contributed by atoms with E-state index in [1.165, 1.54) is 4.57 Å². The van der Waals surface area contributed by atoms with E-state index in [1.807, 2.05) is 29.1 Å². The minimum Gasteiger partial charge on any atom is -0.317 e. The molecule has 162 valence electrons. The first-order chi connectivity index (χ1) is 15.0. The second-order valence-electron chi connectivity index (χ2n) is 8.37. The quantitative estimate of drug-likeness (QED) is 0.593. The van der Waals surface area contributed by atoms with Gasteiger partial charge < -0.3 is 5.32 Å². The molecule has 2 aromatic heterocycles. The molecule has 31 heavy (non-hydrogen) atoms. The molecule has 0 radical (unpaired) electrons. The average molecular weight is 423 g/mol. The Morgan fingerprint density at radius 1 is 1.13 bits per heavy atom. The Hall–Kier alpha value is -3.27. The predicted molar refractivity (Wildman–Crippen MR) is 113 cm³/mol. The second-order valence-corrected chi connectivity index (χ2v) is 8.37. The first-order valence-corrected chi connectivity index (χ1v) is 10.7. The van der Waals surface area contributed by atoms with E-state index in [-0.39, 0.29) is 18.0 Å². The first-order valence-electron chi connectivity index (χ1n) is 10.7. The Labute approximate surface area is 178 Å². The van der Waals surface area contributed by atoms with Crippen LogP contribution in [0.15, 0.2) is 29.2 Å².